The van der Waals surface area contributed by atoms with E-state index in [1.165, 1.54) is 0 Å². The van der Waals surface area contributed by atoms with Crippen molar-refractivity contribution in [3.63, 3.8) is 0 Å². The van der Waals surface area contributed by atoms with Crippen molar-refractivity contribution in [2.45, 2.75) is 70.2 Å². The second-order valence-corrected chi connectivity index (χ2v) is 9.41. The Morgan fingerprint density at radius 3 is 2.14 bits per heavy atom. The summed E-state index contributed by atoms with van der Waals surface area (Å²) in [6.45, 7) is 5.53. The molecule has 122 valence electrons. The average molecular weight is 318 g/mol. The maximum atomic E-state index is 11.6. The molecular formula is C14H26N2O4S. The molecule has 1 aliphatic carbocycles. The fraction of sp³-hybridized carbons (Fsp3) is 0.929. The fourth-order valence-electron chi connectivity index (χ4n) is 2.74. The Balaban J connectivity index is 1.63. The monoisotopic (exact) mass is 318 g/mol. The number of ether oxygens (including phenoxy) is 1. The summed E-state index contributed by atoms with van der Waals surface area (Å²) in [7, 11) is -2.80. The minimum absolute atomic E-state index is 0.157. The summed E-state index contributed by atoms with van der Waals surface area (Å²) < 4.78 is 27.9. The van der Waals surface area contributed by atoms with E-state index >= 15 is 0 Å². The molecule has 0 aromatic carbocycles. The van der Waals surface area contributed by atoms with Crippen LogP contribution in [0.4, 0.5) is 4.79 Å². The van der Waals surface area contributed by atoms with Gasteiger partial charge in [0.25, 0.3) is 0 Å². The van der Waals surface area contributed by atoms with E-state index in [0.29, 0.717) is 24.9 Å². The Hall–Kier alpha value is -0.820. The molecule has 6 nitrogen and oxygen atoms in total. The predicted octanol–water partition coefficient (Wildman–Crippen LogP) is 1.21. The maximum absolute atomic E-state index is 11.6. The summed E-state index contributed by atoms with van der Waals surface area (Å²) in [4.78, 5) is 11.6. The van der Waals surface area contributed by atoms with Gasteiger partial charge >= 0.3 is 6.09 Å². The van der Waals surface area contributed by atoms with Gasteiger partial charge in [0, 0.05) is 18.1 Å². The molecule has 1 heterocycles. The molecule has 0 bridgehead atoms. The third-order valence-corrected chi connectivity index (χ3v) is 5.60. The van der Waals surface area contributed by atoms with Crippen molar-refractivity contribution < 1.29 is 17.9 Å². The zero-order valence-electron chi connectivity index (χ0n) is 13.0. The van der Waals surface area contributed by atoms with Gasteiger partial charge in [0.05, 0.1) is 11.5 Å². The Bertz CT molecular complexity index is 464. The van der Waals surface area contributed by atoms with E-state index in [0.717, 1.165) is 12.8 Å². The van der Waals surface area contributed by atoms with Crippen molar-refractivity contribution in [3.05, 3.63) is 0 Å². The molecule has 2 rings (SSSR count). The quantitative estimate of drug-likeness (QED) is 0.817. The van der Waals surface area contributed by atoms with Gasteiger partial charge in [-0.2, -0.15) is 0 Å². The van der Waals surface area contributed by atoms with Gasteiger partial charge in [0.2, 0.25) is 0 Å². The highest BCUT2D eigenvalue weighted by molar-refractivity contribution is 7.91. The lowest BCUT2D eigenvalue weighted by atomic mass is 9.86. The third-order valence-electron chi connectivity index (χ3n) is 3.88. The molecule has 0 aromatic rings. The Labute approximate surface area is 126 Å². The van der Waals surface area contributed by atoms with Crippen LogP contribution in [-0.4, -0.2) is 49.7 Å². The molecule has 2 aliphatic rings. The number of hydrogen-bond acceptors (Lipinski definition) is 5. The molecule has 0 atom stereocenters. The summed E-state index contributed by atoms with van der Waals surface area (Å²) in [5.41, 5.74) is -0.473. The molecule has 7 heteroatoms. The highest BCUT2D eigenvalue weighted by Gasteiger charge is 2.34. The van der Waals surface area contributed by atoms with Crippen molar-refractivity contribution in [2.24, 2.45) is 0 Å². The first-order valence-electron chi connectivity index (χ1n) is 7.59. The van der Waals surface area contributed by atoms with Crippen LogP contribution in [0.1, 0.15) is 46.5 Å². The SMILES string of the molecule is CC(C)(C)OC(=O)NC1CC(NC2CCS(=O)(=O)CC2)C1. The normalized spacial score (nSPS) is 29.5. The van der Waals surface area contributed by atoms with Crippen molar-refractivity contribution in [2.75, 3.05) is 11.5 Å². The number of carbonyl (C=O) groups excluding carboxylic acids is 1. The van der Waals surface area contributed by atoms with Gasteiger partial charge in [0.15, 0.2) is 0 Å². The lowest BCUT2D eigenvalue weighted by Crippen LogP contribution is -2.56. The second kappa shape index (κ2) is 6.12. The van der Waals surface area contributed by atoms with E-state index in [1.807, 2.05) is 20.8 Å². The number of rotatable bonds is 3. The average Bonchev–Trinajstić information content (AvgIpc) is 2.26. The van der Waals surface area contributed by atoms with Crippen LogP contribution in [0.3, 0.4) is 0 Å². The molecule has 1 aliphatic heterocycles. The molecule has 0 radical (unpaired) electrons. The molecule has 1 saturated heterocycles. The number of amides is 1. The van der Waals surface area contributed by atoms with Crippen molar-refractivity contribution in [3.8, 4) is 0 Å². The van der Waals surface area contributed by atoms with Crippen LogP contribution in [-0.2, 0) is 14.6 Å². The van der Waals surface area contributed by atoms with Crippen LogP contribution in [0.25, 0.3) is 0 Å². The molecule has 2 fully saturated rings. The first-order valence-corrected chi connectivity index (χ1v) is 9.41. The number of hydrogen-bond donors (Lipinski definition) is 2. The first kappa shape index (κ1) is 16.5. The van der Waals surface area contributed by atoms with Crippen molar-refractivity contribution in [1.82, 2.24) is 10.6 Å². The number of sulfone groups is 1. The van der Waals surface area contributed by atoms with Gasteiger partial charge in [-0.05, 0) is 46.5 Å². The molecular weight excluding hydrogens is 292 g/mol. The smallest absolute Gasteiger partial charge is 0.407 e. The van der Waals surface area contributed by atoms with Crippen LogP contribution < -0.4 is 10.6 Å². The zero-order chi connectivity index (χ0) is 15.7. The van der Waals surface area contributed by atoms with Gasteiger partial charge in [-0.15, -0.1) is 0 Å². The summed E-state index contributed by atoms with van der Waals surface area (Å²) in [5, 5.41) is 6.34. The van der Waals surface area contributed by atoms with Gasteiger partial charge in [-0.25, -0.2) is 13.2 Å². The lowest BCUT2D eigenvalue weighted by molar-refractivity contribution is 0.0462. The van der Waals surface area contributed by atoms with Crippen molar-refractivity contribution >= 4 is 15.9 Å². The maximum Gasteiger partial charge on any atom is 0.407 e. The number of carbonyl (C=O) groups is 1. The Kier molecular flexibility index (Phi) is 4.82. The minimum Gasteiger partial charge on any atom is -0.444 e. The fourth-order valence-corrected chi connectivity index (χ4v) is 4.23. The largest absolute Gasteiger partial charge is 0.444 e. The van der Waals surface area contributed by atoms with E-state index < -0.39 is 15.4 Å². The minimum atomic E-state index is -2.80. The molecule has 21 heavy (non-hydrogen) atoms. The van der Waals surface area contributed by atoms with Crippen LogP contribution >= 0.6 is 0 Å². The van der Waals surface area contributed by atoms with Gasteiger partial charge in [-0.3, -0.25) is 0 Å². The van der Waals surface area contributed by atoms with E-state index in [2.05, 4.69) is 10.6 Å². The Morgan fingerprint density at radius 2 is 1.62 bits per heavy atom. The number of nitrogens with one attached hydrogen (secondary N) is 2. The molecule has 2 N–H and O–H groups in total. The summed E-state index contributed by atoms with van der Waals surface area (Å²) in [6.07, 6.45) is 2.78. The Morgan fingerprint density at radius 1 is 1.05 bits per heavy atom. The summed E-state index contributed by atoms with van der Waals surface area (Å²) in [5.74, 6) is 0.577. The highest BCUT2D eigenvalue weighted by atomic mass is 32.2. The van der Waals surface area contributed by atoms with E-state index in [-0.39, 0.29) is 23.6 Å². The standard InChI is InChI=1S/C14H26N2O4S/c1-14(2,3)20-13(17)16-12-8-11(9-12)15-10-4-6-21(18,19)7-5-10/h10-12,15H,4-9H2,1-3H3,(H,16,17). The van der Waals surface area contributed by atoms with Gasteiger partial charge in [-0.1, -0.05) is 0 Å². The second-order valence-electron chi connectivity index (χ2n) is 7.10. The molecule has 0 spiro atoms. The van der Waals surface area contributed by atoms with E-state index in [9.17, 15) is 13.2 Å². The molecule has 0 aromatic heterocycles. The van der Waals surface area contributed by atoms with Crippen LogP contribution in [0.15, 0.2) is 0 Å². The number of alkyl carbamates (subject to hydrolysis) is 1. The zero-order valence-corrected chi connectivity index (χ0v) is 13.8. The molecule has 0 unspecified atom stereocenters. The van der Waals surface area contributed by atoms with Crippen LogP contribution in [0.2, 0.25) is 0 Å². The summed E-state index contributed by atoms with van der Waals surface area (Å²) in [6, 6.07) is 0.821. The summed E-state index contributed by atoms with van der Waals surface area (Å²) >= 11 is 0. The highest BCUT2D eigenvalue weighted by Crippen LogP contribution is 2.23. The van der Waals surface area contributed by atoms with Gasteiger partial charge in [0.1, 0.15) is 15.4 Å². The third kappa shape index (κ3) is 5.47. The van der Waals surface area contributed by atoms with E-state index in [1.54, 1.807) is 0 Å². The lowest BCUT2D eigenvalue weighted by Gasteiger charge is -2.39. The van der Waals surface area contributed by atoms with Crippen LogP contribution in [0.5, 0.6) is 0 Å². The van der Waals surface area contributed by atoms with E-state index in [4.69, 9.17) is 4.74 Å². The van der Waals surface area contributed by atoms with Gasteiger partial charge < -0.3 is 15.4 Å². The topological polar surface area (TPSA) is 84.5 Å². The first-order chi connectivity index (χ1) is 9.63. The molecule has 1 amide bonds. The van der Waals surface area contributed by atoms with Crippen molar-refractivity contribution in [1.29, 1.82) is 0 Å². The molecule has 1 saturated carbocycles. The van der Waals surface area contributed by atoms with Crippen LogP contribution in [0, 0.1) is 0 Å². The predicted molar refractivity (Wildman–Crippen MR) is 81.0 cm³/mol.